The number of nitrogens with zero attached hydrogens (tertiary/aromatic N) is 2. The van der Waals surface area contributed by atoms with Crippen LogP contribution in [-0.4, -0.2) is 4.98 Å². The van der Waals surface area contributed by atoms with Crippen molar-refractivity contribution < 1.29 is 4.39 Å². The smallest absolute Gasteiger partial charge is 0.130 e. The maximum absolute atomic E-state index is 15.3. The van der Waals surface area contributed by atoms with E-state index >= 15 is 4.39 Å². The largest absolute Gasteiger partial charge is 0.256 e. The van der Waals surface area contributed by atoms with Gasteiger partial charge in [0.2, 0.25) is 0 Å². The zero-order valence-corrected chi connectivity index (χ0v) is 23.5. The molecule has 0 spiro atoms. The highest BCUT2D eigenvalue weighted by Crippen LogP contribution is 2.55. The second-order valence-corrected chi connectivity index (χ2v) is 12.1. The van der Waals surface area contributed by atoms with E-state index in [1.165, 1.54) is 0 Å². The maximum Gasteiger partial charge on any atom is 0.130 e. The Morgan fingerprint density at radius 3 is 2.08 bits per heavy atom. The third kappa shape index (κ3) is 4.03. The Hall–Kier alpha value is -4.55. The molecule has 0 N–H and O–H groups in total. The molecule has 0 saturated heterocycles. The van der Waals surface area contributed by atoms with Gasteiger partial charge in [-0.25, -0.2) is 4.39 Å². The molecule has 0 unspecified atom stereocenters. The van der Waals surface area contributed by atoms with E-state index in [-0.39, 0.29) is 11.2 Å². The molecule has 2 nitrogen and oxygen atoms in total. The van der Waals surface area contributed by atoms with Crippen molar-refractivity contribution >= 4 is 0 Å². The number of halogens is 1. The van der Waals surface area contributed by atoms with Gasteiger partial charge in [-0.1, -0.05) is 107 Å². The monoisotopic (exact) mass is 522 g/mol. The van der Waals surface area contributed by atoms with Crippen LogP contribution in [0.25, 0.3) is 44.6 Å². The summed E-state index contributed by atoms with van der Waals surface area (Å²) in [7, 11) is 0. The highest BCUT2D eigenvalue weighted by Gasteiger charge is 2.40. The molecule has 196 valence electrons. The first-order chi connectivity index (χ1) is 19.1. The average Bonchev–Trinajstić information content (AvgIpc) is 3.19. The molecule has 1 aliphatic rings. The Kier molecular flexibility index (Phi) is 5.97. The summed E-state index contributed by atoms with van der Waals surface area (Å²) in [5, 5.41) is 10.2. The first kappa shape index (κ1) is 25.7. The minimum absolute atomic E-state index is 0.242. The van der Waals surface area contributed by atoms with Crippen LogP contribution in [0.1, 0.15) is 56.9 Å². The molecule has 6 rings (SSSR count). The van der Waals surface area contributed by atoms with Gasteiger partial charge in [-0.3, -0.25) is 4.98 Å². The van der Waals surface area contributed by atoms with Crippen molar-refractivity contribution in [3.05, 3.63) is 125 Å². The van der Waals surface area contributed by atoms with Crippen LogP contribution in [0.15, 0.2) is 97.2 Å². The van der Waals surface area contributed by atoms with Crippen molar-refractivity contribution in [1.29, 1.82) is 5.26 Å². The summed E-state index contributed by atoms with van der Waals surface area (Å²) < 4.78 is 15.3. The van der Waals surface area contributed by atoms with Crippen LogP contribution in [0.2, 0.25) is 0 Å². The first-order valence-corrected chi connectivity index (χ1v) is 13.6. The van der Waals surface area contributed by atoms with Gasteiger partial charge in [0.15, 0.2) is 0 Å². The zero-order chi connectivity index (χ0) is 28.2. The summed E-state index contributed by atoms with van der Waals surface area (Å²) >= 11 is 0. The van der Waals surface area contributed by atoms with E-state index in [9.17, 15) is 5.26 Å². The van der Waals surface area contributed by atoms with Gasteiger partial charge in [-0.05, 0) is 56.5 Å². The lowest BCUT2D eigenvalue weighted by molar-refractivity contribution is 0.520. The van der Waals surface area contributed by atoms with Crippen LogP contribution >= 0.6 is 0 Å². The van der Waals surface area contributed by atoms with Crippen molar-refractivity contribution in [2.45, 2.75) is 45.4 Å². The standard InChI is InChI=1S/C37H31FN2/c1-36(2,3)30-22-40-32(20-31(30)38)29-16-10-15-27-28-18-17-26(21-39)33(35(28)37(4,5)34(27)29)25-14-9-13-24(19-25)23-11-7-6-8-12-23/h6-20,22H,1-5H3. The third-order valence-corrected chi connectivity index (χ3v) is 8.13. The Labute approximate surface area is 235 Å². The molecule has 3 heteroatoms. The Morgan fingerprint density at radius 2 is 1.38 bits per heavy atom. The SMILES string of the molecule is CC(C)(C)c1cnc(-c2cccc3c2C(C)(C)c2c-3ccc(C#N)c2-c2cccc(-c3ccccc3)c2)cc1F. The molecule has 0 atom stereocenters. The molecule has 0 amide bonds. The quantitative estimate of drug-likeness (QED) is 0.236. The van der Waals surface area contributed by atoms with Gasteiger partial charge in [0.1, 0.15) is 5.82 Å². The van der Waals surface area contributed by atoms with Crippen LogP contribution in [0.5, 0.6) is 0 Å². The summed E-state index contributed by atoms with van der Waals surface area (Å²) in [6.45, 7) is 10.4. The lowest BCUT2D eigenvalue weighted by atomic mass is 9.75. The molecule has 0 fully saturated rings. The summed E-state index contributed by atoms with van der Waals surface area (Å²) in [6, 6.07) is 32.9. The Bertz CT molecular complexity index is 1820. The van der Waals surface area contributed by atoms with Crippen LogP contribution < -0.4 is 0 Å². The number of hydrogen-bond acceptors (Lipinski definition) is 2. The Morgan fingerprint density at radius 1 is 0.725 bits per heavy atom. The summed E-state index contributed by atoms with van der Waals surface area (Å²) in [5.74, 6) is -0.242. The highest BCUT2D eigenvalue weighted by molar-refractivity contribution is 5.94. The van der Waals surface area contributed by atoms with Gasteiger partial charge in [0.25, 0.3) is 0 Å². The number of pyridine rings is 1. The highest BCUT2D eigenvalue weighted by atomic mass is 19.1. The van der Waals surface area contributed by atoms with E-state index in [1.807, 2.05) is 57.2 Å². The van der Waals surface area contributed by atoms with Crippen molar-refractivity contribution in [1.82, 2.24) is 4.98 Å². The lowest BCUT2D eigenvalue weighted by Crippen LogP contribution is -2.18. The molecule has 4 aromatic carbocycles. The molecular weight excluding hydrogens is 491 g/mol. The van der Waals surface area contributed by atoms with E-state index in [1.54, 1.807) is 12.3 Å². The fourth-order valence-corrected chi connectivity index (χ4v) is 6.27. The summed E-state index contributed by atoms with van der Waals surface area (Å²) in [5.41, 5.74) is 10.6. The topological polar surface area (TPSA) is 36.7 Å². The second kappa shape index (κ2) is 9.28. The number of rotatable bonds is 3. The average molecular weight is 523 g/mol. The number of nitriles is 1. The predicted molar refractivity (Wildman–Crippen MR) is 161 cm³/mol. The van der Waals surface area contributed by atoms with E-state index in [2.05, 4.69) is 68.4 Å². The van der Waals surface area contributed by atoms with E-state index < -0.39 is 5.41 Å². The number of fused-ring (bicyclic) bond motifs is 3. The molecule has 1 aromatic heterocycles. The van der Waals surface area contributed by atoms with Gasteiger partial charge in [0.05, 0.1) is 17.3 Å². The minimum atomic E-state index is -0.451. The van der Waals surface area contributed by atoms with Crippen molar-refractivity contribution in [3.8, 4) is 50.7 Å². The predicted octanol–water partition coefficient (Wildman–Crippen LogP) is 9.70. The molecule has 0 aliphatic heterocycles. The molecule has 1 heterocycles. The van der Waals surface area contributed by atoms with Gasteiger partial charge >= 0.3 is 0 Å². The number of aromatic nitrogens is 1. The van der Waals surface area contributed by atoms with Crippen molar-refractivity contribution in [3.63, 3.8) is 0 Å². The van der Waals surface area contributed by atoms with Crippen LogP contribution in [0.3, 0.4) is 0 Å². The van der Waals surface area contributed by atoms with Crippen LogP contribution in [-0.2, 0) is 10.8 Å². The normalized spacial score (nSPS) is 13.4. The Balaban J connectivity index is 1.57. The fraction of sp³-hybridized carbons (Fsp3) is 0.189. The molecule has 0 radical (unpaired) electrons. The molecule has 0 bridgehead atoms. The van der Waals surface area contributed by atoms with E-state index in [4.69, 9.17) is 4.98 Å². The molecule has 5 aromatic rings. The zero-order valence-electron chi connectivity index (χ0n) is 23.5. The molecule has 0 saturated carbocycles. The fourth-order valence-electron chi connectivity index (χ4n) is 6.27. The summed E-state index contributed by atoms with van der Waals surface area (Å²) in [6.07, 6.45) is 1.67. The van der Waals surface area contributed by atoms with Gasteiger partial charge in [0, 0.05) is 34.4 Å². The molecular formula is C37H31FN2. The van der Waals surface area contributed by atoms with Gasteiger partial charge in [-0.2, -0.15) is 5.26 Å². The van der Waals surface area contributed by atoms with Crippen LogP contribution in [0, 0.1) is 17.1 Å². The molecule has 40 heavy (non-hydrogen) atoms. The van der Waals surface area contributed by atoms with Crippen molar-refractivity contribution in [2.24, 2.45) is 0 Å². The second-order valence-electron chi connectivity index (χ2n) is 12.1. The number of benzene rings is 4. The maximum atomic E-state index is 15.3. The number of hydrogen-bond donors (Lipinski definition) is 0. The first-order valence-electron chi connectivity index (χ1n) is 13.6. The molecule has 1 aliphatic carbocycles. The van der Waals surface area contributed by atoms with Crippen molar-refractivity contribution in [2.75, 3.05) is 0 Å². The summed E-state index contributed by atoms with van der Waals surface area (Å²) in [4.78, 5) is 4.75. The minimum Gasteiger partial charge on any atom is -0.256 e. The van der Waals surface area contributed by atoms with E-state index in [0.717, 1.165) is 50.1 Å². The third-order valence-electron chi connectivity index (χ3n) is 8.13. The van der Waals surface area contributed by atoms with Gasteiger partial charge in [-0.15, -0.1) is 0 Å². The van der Waals surface area contributed by atoms with Crippen LogP contribution in [0.4, 0.5) is 4.39 Å². The van der Waals surface area contributed by atoms with E-state index in [0.29, 0.717) is 16.8 Å². The lowest BCUT2D eigenvalue weighted by Gasteiger charge is -2.27. The van der Waals surface area contributed by atoms with Gasteiger partial charge < -0.3 is 0 Å².